The van der Waals surface area contributed by atoms with E-state index in [9.17, 15) is 4.55 Å². The summed E-state index contributed by atoms with van der Waals surface area (Å²) in [6.07, 6.45) is 1.68. The van der Waals surface area contributed by atoms with Crippen LogP contribution in [-0.4, -0.2) is 10.8 Å². The molecule has 1 aromatic rings. The fourth-order valence-electron chi connectivity index (χ4n) is 0.452. The van der Waals surface area contributed by atoms with Crippen LogP contribution in [0.3, 0.4) is 0 Å². The first kappa shape index (κ1) is 7.60. The molecular formula is C5H5BrOS2. The van der Waals surface area contributed by atoms with Crippen molar-refractivity contribution in [2.24, 2.45) is 0 Å². The molecule has 1 unspecified atom stereocenters. The maximum absolute atomic E-state index is 10.8. The minimum Gasteiger partial charge on any atom is -0.611 e. The van der Waals surface area contributed by atoms with Gasteiger partial charge in [0.2, 0.25) is 4.21 Å². The van der Waals surface area contributed by atoms with Crippen LogP contribution in [-0.2, 0) is 11.2 Å². The number of rotatable bonds is 1. The van der Waals surface area contributed by atoms with Gasteiger partial charge in [-0.15, -0.1) is 0 Å². The van der Waals surface area contributed by atoms with Crippen LogP contribution in [0.1, 0.15) is 0 Å². The average molecular weight is 225 g/mol. The van der Waals surface area contributed by atoms with E-state index in [4.69, 9.17) is 0 Å². The lowest BCUT2D eigenvalue weighted by Gasteiger charge is -1.96. The van der Waals surface area contributed by atoms with E-state index in [1.54, 1.807) is 6.26 Å². The molecule has 1 heterocycles. The molecule has 0 saturated carbocycles. The van der Waals surface area contributed by atoms with Gasteiger partial charge in [0.25, 0.3) is 0 Å². The Morgan fingerprint density at radius 3 is 2.56 bits per heavy atom. The lowest BCUT2D eigenvalue weighted by molar-refractivity contribution is 0.603. The second-order valence-electron chi connectivity index (χ2n) is 1.51. The first-order valence-corrected chi connectivity index (χ1v) is 5.45. The minimum atomic E-state index is -0.820. The predicted molar refractivity (Wildman–Crippen MR) is 44.4 cm³/mol. The minimum absolute atomic E-state index is 0.820. The summed E-state index contributed by atoms with van der Waals surface area (Å²) in [4.78, 5) is 0. The molecule has 0 aliphatic carbocycles. The van der Waals surface area contributed by atoms with Gasteiger partial charge in [-0.25, -0.2) is 0 Å². The summed E-state index contributed by atoms with van der Waals surface area (Å²) in [5.74, 6) is 0. The molecule has 0 radical (unpaired) electrons. The average Bonchev–Trinajstić information content (AvgIpc) is 2.14. The molecule has 0 bridgehead atoms. The van der Waals surface area contributed by atoms with Crippen LogP contribution >= 0.6 is 27.3 Å². The number of halogens is 1. The van der Waals surface area contributed by atoms with Gasteiger partial charge in [-0.1, -0.05) is 11.3 Å². The Hall–Kier alpha value is 0.490. The second kappa shape index (κ2) is 3.05. The molecule has 0 fully saturated rings. The van der Waals surface area contributed by atoms with Gasteiger partial charge in [0, 0.05) is 6.07 Å². The second-order valence-corrected chi connectivity index (χ2v) is 5.58. The Kier molecular flexibility index (Phi) is 2.58. The van der Waals surface area contributed by atoms with Gasteiger partial charge in [-0.2, -0.15) is 0 Å². The fourth-order valence-corrected chi connectivity index (χ4v) is 2.89. The van der Waals surface area contributed by atoms with E-state index in [0.29, 0.717) is 0 Å². The van der Waals surface area contributed by atoms with Crippen LogP contribution in [0.25, 0.3) is 0 Å². The molecule has 1 rings (SSSR count). The van der Waals surface area contributed by atoms with E-state index in [2.05, 4.69) is 15.9 Å². The van der Waals surface area contributed by atoms with Crippen molar-refractivity contribution in [1.29, 1.82) is 0 Å². The molecule has 0 spiro atoms. The van der Waals surface area contributed by atoms with Gasteiger partial charge >= 0.3 is 0 Å². The highest BCUT2D eigenvalue weighted by atomic mass is 79.9. The number of hydrogen-bond acceptors (Lipinski definition) is 2. The predicted octanol–water partition coefficient (Wildman–Crippen LogP) is 2.25. The lowest BCUT2D eigenvalue weighted by Crippen LogP contribution is -1.91. The van der Waals surface area contributed by atoms with Gasteiger partial charge in [-0.05, 0) is 33.2 Å². The molecule has 0 aliphatic rings. The van der Waals surface area contributed by atoms with Crippen LogP contribution in [0.5, 0.6) is 0 Å². The van der Waals surface area contributed by atoms with E-state index in [-0.39, 0.29) is 0 Å². The quantitative estimate of drug-likeness (QED) is 0.672. The zero-order valence-electron chi connectivity index (χ0n) is 4.76. The first-order chi connectivity index (χ1) is 4.20. The van der Waals surface area contributed by atoms with Gasteiger partial charge in [0.05, 0.1) is 3.79 Å². The van der Waals surface area contributed by atoms with Gasteiger partial charge < -0.3 is 4.55 Å². The standard InChI is InChI=1S/C5H5BrOS2/c1-9(7)5-3-2-4(6)8-5/h2-3H,1H3. The molecule has 50 valence electrons. The summed E-state index contributed by atoms with van der Waals surface area (Å²) in [6, 6.07) is 3.77. The summed E-state index contributed by atoms with van der Waals surface area (Å²) in [7, 11) is 0. The summed E-state index contributed by atoms with van der Waals surface area (Å²) >= 11 is 3.98. The largest absolute Gasteiger partial charge is 0.611 e. The van der Waals surface area contributed by atoms with E-state index in [1.807, 2.05) is 12.1 Å². The highest BCUT2D eigenvalue weighted by molar-refractivity contribution is 9.11. The number of thiophene rings is 1. The molecule has 0 saturated heterocycles. The van der Waals surface area contributed by atoms with Crippen LogP contribution in [0.4, 0.5) is 0 Å². The van der Waals surface area contributed by atoms with Crippen molar-refractivity contribution in [2.45, 2.75) is 4.21 Å². The van der Waals surface area contributed by atoms with Gasteiger partial charge in [0.15, 0.2) is 0 Å². The Morgan fingerprint density at radius 2 is 2.33 bits per heavy atom. The summed E-state index contributed by atoms with van der Waals surface area (Å²) < 4.78 is 12.7. The van der Waals surface area contributed by atoms with E-state index >= 15 is 0 Å². The molecule has 0 amide bonds. The van der Waals surface area contributed by atoms with Crippen molar-refractivity contribution in [2.75, 3.05) is 6.26 Å². The molecule has 1 aromatic heterocycles. The van der Waals surface area contributed by atoms with Gasteiger partial charge in [0.1, 0.15) is 6.26 Å². The van der Waals surface area contributed by atoms with Crippen LogP contribution in [0, 0.1) is 0 Å². The smallest absolute Gasteiger partial charge is 0.207 e. The Labute approximate surface area is 69.4 Å². The molecule has 0 aliphatic heterocycles. The van der Waals surface area contributed by atoms with Crippen LogP contribution < -0.4 is 0 Å². The summed E-state index contributed by atoms with van der Waals surface area (Å²) in [5.41, 5.74) is 0. The third-order valence-corrected chi connectivity index (χ3v) is 3.91. The molecule has 9 heavy (non-hydrogen) atoms. The van der Waals surface area contributed by atoms with Crippen molar-refractivity contribution in [3.63, 3.8) is 0 Å². The van der Waals surface area contributed by atoms with Crippen molar-refractivity contribution >= 4 is 38.4 Å². The van der Waals surface area contributed by atoms with Gasteiger partial charge in [-0.3, -0.25) is 0 Å². The topological polar surface area (TPSA) is 23.1 Å². The molecule has 1 nitrogen and oxygen atoms in total. The maximum Gasteiger partial charge on any atom is 0.207 e. The Morgan fingerprint density at radius 1 is 1.67 bits per heavy atom. The van der Waals surface area contributed by atoms with Crippen molar-refractivity contribution in [1.82, 2.24) is 0 Å². The highest BCUT2D eigenvalue weighted by Gasteiger charge is 2.05. The highest BCUT2D eigenvalue weighted by Crippen LogP contribution is 2.25. The fraction of sp³-hybridized carbons (Fsp3) is 0.200. The molecular weight excluding hydrogens is 220 g/mol. The zero-order valence-corrected chi connectivity index (χ0v) is 7.98. The first-order valence-electron chi connectivity index (χ1n) is 2.29. The van der Waals surface area contributed by atoms with Crippen molar-refractivity contribution in [3.05, 3.63) is 15.9 Å². The van der Waals surface area contributed by atoms with Crippen molar-refractivity contribution in [3.8, 4) is 0 Å². The monoisotopic (exact) mass is 224 g/mol. The third kappa shape index (κ3) is 1.97. The van der Waals surface area contributed by atoms with E-state index in [1.165, 1.54) is 11.3 Å². The van der Waals surface area contributed by atoms with Crippen LogP contribution in [0.2, 0.25) is 0 Å². The Bertz CT molecular complexity index is 197. The molecule has 0 aromatic carbocycles. The third-order valence-electron chi connectivity index (χ3n) is 0.832. The molecule has 0 N–H and O–H groups in total. The Balaban J connectivity index is 2.85. The van der Waals surface area contributed by atoms with E-state index in [0.717, 1.165) is 8.00 Å². The molecule has 4 heteroatoms. The summed E-state index contributed by atoms with van der Waals surface area (Å²) in [5, 5.41) is 0. The summed E-state index contributed by atoms with van der Waals surface area (Å²) in [6.45, 7) is 0. The van der Waals surface area contributed by atoms with E-state index < -0.39 is 11.2 Å². The maximum atomic E-state index is 10.8. The van der Waals surface area contributed by atoms with Crippen LogP contribution in [0.15, 0.2) is 20.1 Å². The normalized spacial score (nSPS) is 13.7. The molecule has 1 atom stereocenters. The SMILES string of the molecule is C[S+]([O-])c1ccc(Br)s1. The van der Waals surface area contributed by atoms with Crippen molar-refractivity contribution < 1.29 is 4.55 Å². The lowest BCUT2D eigenvalue weighted by atomic mass is 10.7. The zero-order chi connectivity index (χ0) is 6.85. The number of hydrogen-bond donors (Lipinski definition) is 0.